The average Bonchev–Trinajstić information content (AvgIpc) is 2.44. The molecule has 0 aromatic heterocycles. The summed E-state index contributed by atoms with van der Waals surface area (Å²) in [5, 5.41) is 11.6. The van der Waals surface area contributed by atoms with Gasteiger partial charge in [0, 0.05) is 13.1 Å². The molecule has 0 saturated heterocycles. The van der Waals surface area contributed by atoms with Crippen molar-refractivity contribution < 1.29 is 14.7 Å². The number of amides is 2. The maximum absolute atomic E-state index is 12.0. The molecule has 2 amide bonds. The van der Waals surface area contributed by atoms with Gasteiger partial charge >= 0.3 is 12.0 Å². The Morgan fingerprint density at radius 1 is 1.24 bits per heavy atom. The van der Waals surface area contributed by atoms with Crippen molar-refractivity contribution >= 4 is 12.0 Å². The number of nitrogens with zero attached hydrogens (tertiary/aromatic N) is 1. The first-order chi connectivity index (χ1) is 9.93. The highest BCUT2D eigenvalue weighted by molar-refractivity contribution is 5.80. The Morgan fingerprint density at radius 3 is 2.33 bits per heavy atom. The van der Waals surface area contributed by atoms with Crippen LogP contribution in [0.1, 0.15) is 44.2 Å². The molecule has 0 bridgehead atoms. The largest absolute Gasteiger partial charge is 0.480 e. The summed E-state index contributed by atoms with van der Waals surface area (Å²) >= 11 is 0. The molecule has 0 spiro atoms. The highest BCUT2D eigenvalue weighted by Gasteiger charge is 2.15. The van der Waals surface area contributed by atoms with E-state index in [0.717, 1.165) is 12.0 Å². The number of hydrogen-bond acceptors (Lipinski definition) is 2. The third-order valence-electron chi connectivity index (χ3n) is 3.20. The number of aliphatic carboxylic acids is 1. The van der Waals surface area contributed by atoms with E-state index in [2.05, 4.69) is 19.2 Å². The number of carbonyl (C=O) groups is 2. The lowest BCUT2D eigenvalue weighted by atomic mass is 10.0. The predicted octanol–water partition coefficient (Wildman–Crippen LogP) is 2.82. The standard InChI is InChI=1S/C16H24N2O3/c1-4-9-18(11-15(19)20)16(21)17-10-13-5-7-14(8-6-13)12(2)3/h5-8,12H,4,9-11H2,1-3H3,(H,17,21)(H,19,20). The van der Waals surface area contributed by atoms with Gasteiger partial charge in [-0.2, -0.15) is 0 Å². The molecule has 0 unspecified atom stereocenters. The lowest BCUT2D eigenvalue weighted by Gasteiger charge is -2.20. The SMILES string of the molecule is CCCN(CC(=O)O)C(=O)NCc1ccc(C(C)C)cc1. The Balaban J connectivity index is 2.55. The van der Waals surface area contributed by atoms with Crippen LogP contribution in [0.15, 0.2) is 24.3 Å². The molecule has 0 saturated carbocycles. The van der Waals surface area contributed by atoms with Gasteiger partial charge in [-0.1, -0.05) is 45.0 Å². The first-order valence-corrected chi connectivity index (χ1v) is 7.27. The van der Waals surface area contributed by atoms with E-state index in [1.54, 1.807) is 0 Å². The fraction of sp³-hybridized carbons (Fsp3) is 0.500. The zero-order valence-electron chi connectivity index (χ0n) is 12.9. The van der Waals surface area contributed by atoms with Crippen LogP contribution < -0.4 is 5.32 Å². The molecular formula is C16H24N2O3. The lowest BCUT2D eigenvalue weighted by molar-refractivity contribution is -0.137. The fourth-order valence-corrected chi connectivity index (χ4v) is 2.00. The van der Waals surface area contributed by atoms with Crippen LogP contribution in [-0.4, -0.2) is 35.1 Å². The number of nitrogens with one attached hydrogen (secondary N) is 1. The highest BCUT2D eigenvalue weighted by Crippen LogP contribution is 2.14. The van der Waals surface area contributed by atoms with Crippen LogP contribution >= 0.6 is 0 Å². The number of rotatable bonds is 7. The maximum Gasteiger partial charge on any atom is 0.323 e. The minimum Gasteiger partial charge on any atom is -0.480 e. The molecular weight excluding hydrogens is 268 g/mol. The van der Waals surface area contributed by atoms with E-state index in [1.807, 2.05) is 31.2 Å². The number of carboxylic acids is 1. The van der Waals surface area contributed by atoms with E-state index >= 15 is 0 Å². The topological polar surface area (TPSA) is 69.6 Å². The quantitative estimate of drug-likeness (QED) is 0.812. The van der Waals surface area contributed by atoms with E-state index in [9.17, 15) is 9.59 Å². The minimum atomic E-state index is -1.00. The first kappa shape index (κ1) is 17.0. The Morgan fingerprint density at radius 2 is 1.86 bits per heavy atom. The summed E-state index contributed by atoms with van der Waals surface area (Å²) in [4.78, 5) is 24.0. The Bertz CT molecular complexity index is 469. The van der Waals surface area contributed by atoms with Gasteiger partial charge in [-0.3, -0.25) is 4.79 Å². The molecule has 0 aliphatic rings. The van der Waals surface area contributed by atoms with Crippen molar-refractivity contribution in [3.63, 3.8) is 0 Å². The van der Waals surface area contributed by atoms with Gasteiger partial charge in [-0.05, 0) is 23.5 Å². The molecule has 5 heteroatoms. The predicted molar refractivity (Wildman–Crippen MR) is 82.3 cm³/mol. The summed E-state index contributed by atoms with van der Waals surface area (Å²) in [6.45, 7) is 6.73. The van der Waals surface area contributed by atoms with Crippen LogP contribution in [0.4, 0.5) is 4.79 Å². The van der Waals surface area contributed by atoms with Crippen LogP contribution in [0, 0.1) is 0 Å². The van der Waals surface area contributed by atoms with Gasteiger partial charge in [-0.25, -0.2) is 4.79 Å². The molecule has 1 aromatic carbocycles. The van der Waals surface area contributed by atoms with E-state index in [-0.39, 0.29) is 12.6 Å². The van der Waals surface area contributed by atoms with Gasteiger partial charge in [0.1, 0.15) is 6.54 Å². The number of hydrogen-bond donors (Lipinski definition) is 2. The van der Waals surface area contributed by atoms with Gasteiger partial charge in [-0.15, -0.1) is 0 Å². The van der Waals surface area contributed by atoms with Gasteiger partial charge < -0.3 is 15.3 Å². The van der Waals surface area contributed by atoms with Crippen LogP contribution in [0.5, 0.6) is 0 Å². The van der Waals surface area contributed by atoms with Gasteiger partial charge in [0.15, 0.2) is 0 Å². The van der Waals surface area contributed by atoms with Crippen molar-refractivity contribution in [2.24, 2.45) is 0 Å². The number of urea groups is 1. The van der Waals surface area contributed by atoms with Gasteiger partial charge in [0.2, 0.25) is 0 Å². The van der Waals surface area contributed by atoms with Crippen molar-refractivity contribution in [1.29, 1.82) is 0 Å². The summed E-state index contributed by atoms with van der Waals surface area (Å²) in [6.07, 6.45) is 0.726. The molecule has 0 aliphatic heterocycles. The smallest absolute Gasteiger partial charge is 0.323 e. The Hall–Kier alpha value is -2.04. The second-order valence-corrected chi connectivity index (χ2v) is 5.37. The molecule has 5 nitrogen and oxygen atoms in total. The minimum absolute atomic E-state index is 0.272. The van der Waals surface area contributed by atoms with Crippen molar-refractivity contribution in [1.82, 2.24) is 10.2 Å². The highest BCUT2D eigenvalue weighted by atomic mass is 16.4. The fourth-order valence-electron chi connectivity index (χ4n) is 2.00. The molecule has 2 N–H and O–H groups in total. The molecule has 1 aromatic rings. The summed E-state index contributed by atoms with van der Waals surface area (Å²) < 4.78 is 0. The lowest BCUT2D eigenvalue weighted by Crippen LogP contribution is -2.42. The third kappa shape index (κ3) is 5.85. The monoisotopic (exact) mass is 292 g/mol. The Kier molecular flexibility index (Phi) is 6.72. The van der Waals surface area contributed by atoms with Crippen molar-refractivity contribution in [2.75, 3.05) is 13.1 Å². The van der Waals surface area contributed by atoms with Crippen molar-refractivity contribution in [3.05, 3.63) is 35.4 Å². The molecule has 0 atom stereocenters. The van der Waals surface area contributed by atoms with Crippen molar-refractivity contribution in [2.45, 2.75) is 39.7 Å². The summed E-state index contributed by atoms with van der Waals surface area (Å²) in [7, 11) is 0. The zero-order chi connectivity index (χ0) is 15.8. The summed E-state index contributed by atoms with van der Waals surface area (Å²) in [6, 6.07) is 7.72. The summed E-state index contributed by atoms with van der Waals surface area (Å²) in [5.41, 5.74) is 2.25. The second-order valence-electron chi connectivity index (χ2n) is 5.37. The Labute approximate surface area is 126 Å². The molecule has 0 fully saturated rings. The molecule has 1 rings (SSSR count). The van der Waals surface area contributed by atoms with Gasteiger partial charge in [0.05, 0.1) is 0 Å². The van der Waals surface area contributed by atoms with E-state index in [0.29, 0.717) is 19.0 Å². The van der Waals surface area contributed by atoms with Crippen LogP contribution in [0.2, 0.25) is 0 Å². The molecule has 0 aliphatic carbocycles. The third-order valence-corrected chi connectivity index (χ3v) is 3.20. The van der Waals surface area contributed by atoms with E-state index < -0.39 is 5.97 Å². The van der Waals surface area contributed by atoms with Crippen LogP contribution in [0.3, 0.4) is 0 Å². The number of carbonyl (C=O) groups excluding carboxylic acids is 1. The van der Waals surface area contributed by atoms with Crippen LogP contribution in [0.25, 0.3) is 0 Å². The van der Waals surface area contributed by atoms with Crippen LogP contribution in [-0.2, 0) is 11.3 Å². The average molecular weight is 292 g/mol. The first-order valence-electron chi connectivity index (χ1n) is 7.27. The maximum atomic E-state index is 12.0. The summed E-state index contributed by atoms with van der Waals surface area (Å²) in [5.74, 6) is -0.524. The molecule has 0 radical (unpaired) electrons. The van der Waals surface area contributed by atoms with Crippen molar-refractivity contribution in [3.8, 4) is 0 Å². The van der Waals surface area contributed by atoms with E-state index in [4.69, 9.17) is 5.11 Å². The van der Waals surface area contributed by atoms with E-state index in [1.165, 1.54) is 10.5 Å². The molecule has 0 heterocycles. The number of benzene rings is 1. The van der Waals surface area contributed by atoms with Gasteiger partial charge in [0.25, 0.3) is 0 Å². The normalized spacial score (nSPS) is 10.5. The second kappa shape index (κ2) is 8.29. The molecule has 116 valence electrons. The zero-order valence-corrected chi connectivity index (χ0v) is 12.9. The molecule has 21 heavy (non-hydrogen) atoms. The number of carboxylic acid groups (broad SMARTS) is 1.